The minimum atomic E-state index is -0.548. The molecular formula is C23H46BrN3O4. The van der Waals surface area contributed by atoms with Gasteiger partial charge in [0, 0.05) is 30.5 Å². The van der Waals surface area contributed by atoms with Crippen LogP contribution in [0.4, 0.5) is 0 Å². The number of hydrogen-bond acceptors (Lipinski definition) is 5. The van der Waals surface area contributed by atoms with Crippen LogP contribution in [0.1, 0.15) is 80.6 Å². The molecular weight excluding hydrogens is 462 g/mol. The van der Waals surface area contributed by atoms with Crippen molar-refractivity contribution in [2.75, 3.05) is 25.0 Å². The molecule has 0 rings (SSSR count). The Balaban J connectivity index is 0. The smallest absolute Gasteiger partial charge is 0.230 e. The summed E-state index contributed by atoms with van der Waals surface area (Å²) in [6.07, 6.45) is 3.75. The molecule has 1 unspecified atom stereocenters. The van der Waals surface area contributed by atoms with Crippen molar-refractivity contribution in [3.05, 3.63) is 0 Å². The quantitative estimate of drug-likeness (QED) is 0.225. The first-order chi connectivity index (χ1) is 14.2. The van der Waals surface area contributed by atoms with E-state index in [1.165, 1.54) is 0 Å². The van der Waals surface area contributed by atoms with Crippen LogP contribution in [0, 0.1) is 16.7 Å². The van der Waals surface area contributed by atoms with Gasteiger partial charge in [-0.15, -0.1) is 0 Å². The summed E-state index contributed by atoms with van der Waals surface area (Å²) in [4.78, 5) is 34.4. The van der Waals surface area contributed by atoms with Gasteiger partial charge < -0.3 is 21.5 Å². The molecule has 0 saturated carbocycles. The monoisotopic (exact) mass is 507 g/mol. The molecule has 0 aliphatic carbocycles. The number of Topliss-reactive ketones (excluding diaryl/α,β-unsaturated/α-hetero) is 1. The number of aliphatic hydroxyl groups is 1. The fourth-order valence-electron chi connectivity index (χ4n) is 2.56. The highest BCUT2D eigenvalue weighted by atomic mass is 79.9. The van der Waals surface area contributed by atoms with Gasteiger partial charge in [0.05, 0.1) is 11.4 Å². The number of amides is 2. The average Bonchev–Trinajstić information content (AvgIpc) is 2.65. The van der Waals surface area contributed by atoms with Gasteiger partial charge in [0.1, 0.15) is 0 Å². The van der Waals surface area contributed by atoms with Crippen LogP contribution in [0.5, 0.6) is 0 Å². The van der Waals surface area contributed by atoms with Gasteiger partial charge in [-0.1, -0.05) is 64.4 Å². The molecule has 0 saturated heterocycles. The number of halogens is 1. The van der Waals surface area contributed by atoms with E-state index >= 15 is 0 Å². The van der Waals surface area contributed by atoms with Crippen LogP contribution in [-0.4, -0.2) is 53.8 Å². The Morgan fingerprint density at radius 3 is 2.00 bits per heavy atom. The number of rotatable bonds is 13. The summed E-state index contributed by atoms with van der Waals surface area (Å²) in [5.41, 5.74) is 4.94. The molecule has 2 amide bonds. The van der Waals surface area contributed by atoms with Gasteiger partial charge in [0.15, 0.2) is 5.78 Å². The molecule has 5 N–H and O–H groups in total. The number of hydrogen-bond donors (Lipinski definition) is 4. The van der Waals surface area contributed by atoms with Crippen molar-refractivity contribution in [1.82, 2.24) is 10.6 Å². The van der Waals surface area contributed by atoms with E-state index in [1.807, 2.05) is 34.6 Å². The summed E-state index contributed by atoms with van der Waals surface area (Å²) in [5.74, 6) is 0.763. The molecule has 0 bridgehead atoms. The molecule has 0 radical (unpaired) electrons. The standard InChI is InChI=1S/C16H32N2O3.C7H14BrNO/c1-15(2,3)13(20)12(17)8-6-7-10-18-14(21)16(4,5)9-11-19;1-6(2)3-4-9-7(10)5-8/h12,19H,6-11,17H2,1-5H3,(H,18,21);6H,3-5H2,1-2H3,(H,9,10). The lowest BCUT2D eigenvalue weighted by molar-refractivity contribution is -0.130. The van der Waals surface area contributed by atoms with E-state index in [0.29, 0.717) is 30.6 Å². The molecule has 0 spiro atoms. The van der Waals surface area contributed by atoms with Crippen molar-refractivity contribution in [3.8, 4) is 0 Å². The predicted octanol–water partition coefficient (Wildman–Crippen LogP) is 3.17. The zero-order valence-corrected chi connectivity index (χ0v) is 22.2. The first-order valence-electron chi connectivity index (χ1n) is 11.2. The lowest BCUT2D eigenvalue weighted by Crippen LogP contribution is -2.39. The maximum absolute atomic E-state index is 11.9. The Morgan fingerprint density at radius 1 is 0.968 bits per heavy atom. The topological polar surface area (TPSA) is 122 Å². The van der Waals surface area contributed by atoms with Crippen LogP contribution in [0.15, 0.2) is 0 Å². The number of unbranched alkanes of at least 4 members (excludes halogenated alkanes) is 1. The van der Waals surface area contributed by atoms with E-state index in [9.17, 15) is 14.4 Å². The number of carbonyl (C=O) groups excluding carboxylic acids is 3. The Morgan fingerprint density at radius 2 is 1.55 bits per heavy atom. The maximum atomic E-state index is 11.9. The second-order valence-corrected chi connectivity index (χ2v) is 10.6. The van der Waals surface area contributed by atoms with Crippen LogP contribution in [0.3, 0.4) is 0 Å². The van der Waals surface area contributed by atoms with Crippen LogP contribution in [0.25, 0.3) is 0 Å². The molecule has 0 fully saturated rings. The number of alkyl halides is 1. The Labute approximate surface area is 197 Å². The number of nitrogens with one attached hydrogen (secondary N) is 2. The van der Waals surface area contributed by atoms with E-state index in [2.05, 4.69) is 40.4 Å². The van der Waals surface area contributed by atoms with Gasteiger partial charge in [-0.2, -0.15) is 0 Å². The summed E-state index contributed by atoms with van der Waals surface area (Å²) in [6.45, 7) is 14.9. The number of ketones is 1. The van der Waals surface area contributed by atoms with E-state index < -0.39 is 16.9 Å². The minimum absolute atomic E-state index is 0.00416. The Kier molecular flexibility index (Phi) is 17.3. The third-order valence-electron chi connectivity index (χ3n) is 4.82. The summed E-state index contributed by atoms with van der Waals surface area (Å²) >= 11 is 3.07. The summed E-state index contributed by atoms with van der Waals surface area (Å²) in [7, 11) is 0. The Bertz CT molecular complexity index is 531. The lowest BCUT2D eigenvalue weighted by Gasteiger charge is -2.23. The Hall–Kier alpha value is -0.990. The van der Waals surface area contributed by atoms with E-state index in [0.717, 1.165) is 25.8 Å². The molecule has 0 aliphatic heterocycles. The van der Waals surface area contributed by atoms with Crippen LogP contribution in [-0.2, 0) is 14.4 Å². The van der Waals surface area contributed by atoms with Crippen molar-refractivity contribution < 1.29 is 19.5 Å². The molecule has 0 aromatic heterocycles. The van der Waals surface area contributed by atoms with Crippen LogP contribution < -0.4 is 16.4 Å². The van der Waals surface area contributed by atoms with Crippen LogP contribution >= 0.6 is 15.9 Å². The highest BCUT2D eigenvalue weighted by molar-refractivity contribution is 9.09. The molecule has 31 heavy (non-hydrogen) atoms. The zero-order valence-electron chi connectivity index (χ0n) is 20.6. The van der Waals surface area contributed by atoms with E-state index in [4.69, 9.17) is 10.8 Å². The highest BCUT2D eigenvalue weighted by Gasteiger charge is 2.27. The predicted molar refractivity (Wildman–Crippen MR) is 131 cm³/mol. The van der Waals surface area contributed by atoms with Crippen molar-refractivity contribution in [2.45, 2.75) is 86.6 Å². The SMILES string of the molecule is CC(C)(C)C(=O)C(N)CCCCNC(=O)C(C)(C)CCO.CC(C)CCNC(=O)CBr. The van der Waals surface area contributed by atoms with Gasteiger partial charge in [0.25, 0.3) is 0 Å². The largest absolute Gasteiger partial charge is 0.396 e. The zero-order chi connectivity index (χ0) is 24.7. The van der Waals surface area contributed by atoms with Crippen molar-refractivity contribution in [2.24, 2.45) is 22.5 Å². The lowest BCUT2D eigenvalue weighted by atomic mass is 9.85. The van der Waals surface area contributed by atoms with E-state index in [-0.39, 0.29) is 24.2 Å². The molecule has 0 aromatic rings. The first-order valence-corrected chi connectivity index (χ1v) is 12.3. The van der Waals surface area contributed by atoms with Gasteiger partial charge in [-0.05, 0) is 38.0 Å². The fourth-order valence-corrected chi connectivity index (χ4v) is 2.76. The van der Waals surface area contributed by atoms with Crippen LogP contribution in [0.2, 0.25) is 0 Å². The average molecular weight is 509 g/mol. The summed E-state index contributed by atoms with van der Waals surface area (Å²) in [6, 6.07) is -0.425. The fraction of sp³-hybridized carbons (Fsp3) is 0.870. The third-order valence-corrected chi connectivity index (χ3v) is 5.33. The second-order valence-electron chi connectivity index (χ2n) is 10.00. The molecule has 0 aromatic carbocycles. The van der Waals surface area contributed by atoms with E-state index in [1.54, 1.807) is 0 Å². The molecule has 8 heteroatoms. The molecule has 1 atom stereocenters. The van der Waals surface area contributed by atoms with Gasteiger partial charge >= 0.3 is 0 Å². The maximum Gasteiger partial charge on any atom is 0.230 e. The molecule has 184 valence electrons. The van der Waals surface area contributed by atoms with Crippen molar-refractivity contribution in [3.63, 3.8) is 0 Å². The minimum Gasteiger partial charge on any atom is -0.396 e. The summed E-state index contributed by atoms with van der Waals surface area (Å²) in [5, 5.41) is 15.0. The molecule has 0 heterocycles. The molecule has 0 aliphatic rings. The third kappa shape index (κ3) is 17.3. The van der Waals surface area contributed by atoms with Crippen molar-refractivity contribution >= 4 is 33.5 Å². The number of carbonyl (C=O) groups is 3. The van der Waals surface area contributed by atoms with Gasteiger partial charge in [-0.25, -0.2) is 0 Å². The second kappa shape index (κ2) is 16.6. The van der Waals surface area contributed by atoms with Gasteiger partial charge in [-0.3, -0.25) is 14.4 Å². The normalized spacial score (nSPS) is 12.6. The highest BCUT2D eigenvalue weighted by Crippen LogP contribution is 2.20. The number of aliphatic hydroxyl groups excluding tert-OH is 1. The van der Waals surface area contributed by atoms with Crippen molar-refractivity contribution in [1.29, 1.82) is 0 Å². The molecule has 7 nitrogen and oxygen atoms in total. The van der Waals surface area contributed by atoms with Gasteiger partial charge in [0.2, 0.25) is 11.8 Å². The first kappa shape index (κ1) is 32.2. The number of nitrogens with two attached hydrogens (primary N) is 1. The summed E-state index contributed by atoms with van der Waals surface area (Å²) < 4.78 is 0.